The Balaban J connectivity index is 1.28. The van der Waals surface area contributed by atoms with Crippen LogP contribution in [0.2, 0.25) is 0 Å². The van der Waals surface area contributed by atoms with Crippen LogP contribution in [0.25, 0.3) is 0 Å². The number of carbonyl (C=O) groups is 1. The van der Waals surface area contributed by atoms with Gasteiger partial charge < -0.3 is 10.1 Å². The summed E-state index contributed by atoms with van der Waals surface area (Å²) < 4.78 is 18.5. The van der Waals surface area contributed by atoms with E-state index < -0.39 is 0 Å². The maximum absolute atomic E-state index is 13.1. The van der Waals surface area contributed by atoms with Crippen LogP contribution in [-0.4, -0.2) is 19.1 Å². The van der Waals surface area contributed by atoms with E-state index in [2.05, 4.69) is 5.32 Å². The summed E-state index contributed by atoms with van der Waals surface area (Å²) in [6.07, 6.45) is 8.08. The Morgan fingerprint density at radius 3 is 2.43 bits per heavy atom. The lowest BCUT2D eigenvalue weighted by Gasteiger charge is -2.56. The normalized spacial score (nSPS) is 34.4. The van der Waals surface area contributed by atoms with Gasteiger partial charge in [-0.25, -0.2) is 4.39 Å². The highest BCUT2D eigenvalue weighted by Crippen LogP contribution is 2.59. The van der Waals surface area contributed by atoms with Gasteiger partial charge in [-0.15, -0.1) is 0 Å². The van der Waals surface area contributed by atoms with Crippen molar-refractivity contribution in [3.8, 4) is 5.75 Å². The van der Waals surface area contributed by atoms with Gasteiger partial charge in [-0.05, 0) is 73.8 Å². The zero-order chi connectivity index (χ0) is 15.9. The van der Waals surface area contributed by atoms with Crippen molar-refractivity contribution < 1.29 is 13.9 Å². The number of carbonyl (C=O) groups excluding carboxylic acids is 1. The van der Waals surface area contributed by atoms with E-state index in [-0.39, 0.29) is 18.3 Å². The summed E-state index contributed by atoms with van der Waals surface area (Å²) in [6, 6.07) is 5.90. The van der Waals surface area contributed by atoms with Gasteiger partial charge in [0.2, 0.25) is 0 Å². The Kier molecular flexibility index (Phi) is 3.78. The quantitative estimate of drug-likeness (QED) is 0.902. The molecule has 1 N–H and O–H groups in total. The topological polar surface area (TPSA) is 38.3 Å². The van der Waals surface area contributed by atoms with Crippen molar-refractivity contribution in [3.05, 3.63) is 30.1 Å². The molecule has 3 nitrogen and oxygen atoms in total. The first-order valence-corrected chi connectivity index (χ1v) is 8.75. The summed E-state index contributed by atoms with van der Waals surface area (Å²) in [6.45, 7) is 0.734. The largest absolute Gasteiger partial charge is 0.484 e. The number of amides is 1. The Labute approximate surface area is 136 Å². The third kappa shape index (κ3) is 3.22. The second-order valence-electron chi connectivity index (χ2n) is 7.94. The van der Waals surface area contributed by atoms with E-state index in [4.69, 9.17) is 4.74 Å². The first kappa shape index (κ1) is 15.0. The van der Waals surface area contributed by atoms with Gasteiger partial charge in [0.25, 0.3) is 5.91 Å². The van der Waals surface area contributed by atoms with Gasteiger partial charge in [-0.2, -0.15) is 0 Å². The van der Waals surface area contributed by atoms with Crippen LogP contribution < -0.4 is 10.1 Å². The van der Waals surface area contributed by atoms with Gasteiger partial charge in [0.05, 0.1) is 0 Å². The first-order chi connectivity index (χ1) is 11.1. The molecule has 0 aromatic heterocycles. The maximum atomic E-state index is 13.1. The van der Waals surface area contributed by atoms with Crippen LogP contribution in [0.4, 0.5) is 4.39 Å². The molecule has 4 aliphatic rings. The summed E-state index contributed by atoms with van der Waals surface area (Å²) in [5.74, 6) is 2.61. The van der Waals surface area contributed by atoms with Crippen molar-refractivity contribution in [2.75, 3.05) is 13.2 Å². The fourth-order valence-electron chi connectivity index (χ4n) is 5.55. The van der Waals surface area contributed by atoms with Gasteiger partial charge >= 0.3 is 0 Å². The van der Waals surface area contributed by atoms with E-state index in [0.717, 1.165) is 24.3 Å². The molecule has 0 unspecified atom stereocenters. The van der Waals surface area contributed by atoms with Crippen molar-refractivity contribution >= 4 is 5.91 Å². The monoisotopic (exact) mass is 317 g/mol. The van der Waals surface area contributed by atoms with Crippen LogP contribution in [0.5, 0.6) is 5.75 Å². The molecule has 4 heteroatoms. The van der Waals surface area contributed by atoms with Crippen LogP contribution in [0.15, 0.2) is 24.3 Å². The smallest absolute Gasteiger partial charge is 0.257 e. The minimum atomic E-state index is -0.350. The highest BCUT2D eigenvalue weighted by molar-refractivity contribution is 5.77. The van der Waals surface area contributed by atoms with Crippen molar-refractivity contribution in [2.24, 2.45) is 23.2 Å². The number of benzene rings is 1. The van der Waals surface area contributed by atoms with Crippen molar-refractivity contribution in [1.29, 1.82) is 0 Å². The predicted octanol–water partition coefficient (Wildman–Crippen LogP) is 3.54. The van der Waals surface area contributed by atoms with Crippen LogP contribution >= 0.6 is 0 Å². The summed E-state index contributed by atoms with van der Waals surface area (Å²) in [7, 11) is 0. The van der Waals surface area contributed by atoms with Crippen LogP contribution in [0, 0.1) is 29.0 Å². The summed E-state index contributed by atoms with van der Waals surface area (Å²) in [4.78, 5) is 12.1. The molecule has 1 aromatic carbocycles. The number of halogens is 1. The summed E-state index contributed by atoms with van der Waals surface area (Å²) >= 11 is 0. The molecule has 4 aliphatic carbocycles. The number of nitrogens with one attached hydrogen (secondary N) is 1. The van der Waals surface area contributed by atoms with Crippen LogP contribution in [-0.2, 0) is 4.79 Å². The highest BCUT2D eigenvalue weighted by atomic mass is 19.1. The molecule has 4 saturated carbocycles. The molecule has 0 saturated heterocycles. The molecule has 1 amide bonds. The third-order valence-electron chi connectivity index (χ3n) is 5.99. The minimum absolute atomic E-state index is 0.0458. The average molecular weight is 317 g/mol. The Bertz CT molecular complexity index is 566. The summed E-state index contributed by atoms with van der Waals surface area (Å²) in [5, 5.41) is 3.07. The second-order valence-corrected chi connectivity index (χ2v) is 7.94. The highest BCUT2D eigenvalue weighted by Gasteiger charge is 2.50. The number of ether oxygens (including phenoxy) is 1. The molecule has 23 heavy (non-hydrogen) atoms. The molecule has 0 atom stereocenters. The Morgan fingerprint density at radius 2 is 1.83 bits per heavy atom. The number of hydrogen-bond acceptors (Lipinski definition) is 2. The van der Waals surface area contributed by atoms with E-state index in [9.17, 15) is 9.18 Å². The Hall–Kier alpha value is -1.58. The van der Waals surface area contributed by atoms with Gasteiger partial charge in [-0.1, -0.05) is 6.07 Å². The number of rotatable bonds is 5. The SMILES string of the molecule is O=C(COc1cccc(F)c1)NCC12CC3CC(CC(C3)C1)C2. The fourth-order valence-corrected chi connectivity index (χ4v) is 5.55. The zero-order valence-corrected chi connectivity index (χ0v) is 13.4. The van der Waals surface area contributed by atoms with Gasteiger partial charge in [-0.3, -0.25) is 4.79 Å². The standard InChI is InChI=1S/C19H24FNO2/c20-16-2-1-3-17(7-16)23-11-18(22)21-12-19-8-13-4-14(9-19)6-15(5-13)10-19/h1-3,7,13-15H,4-6,8-12H2,(H,21,22). The zero-order valence-electron chi connectivity index (χ0n) is 13.4. The van der Waals surface area contributed by atoms with E-state index >= 15 is 0 Å². The second kappa shape index (κ2) is 5.81. The van der Waals surface area contributed by atoms with E-state index in [1.54, 1.807) is 12.1 Å². The maximum Gasteiger partial charge on any atom is 0.257 e. The van der Waals surface area contributed by atoms with E-state index in [0.29, 0.717) is 11.2 Å². The molecular formula is C19H24FNO2. The molecule has 4 fully saturated rings. The third-order valence-corrected chi connectivity index (χ3v) is 5.99. The van der Waals surface area contributed by atoms with E-state index in [1.165, 1.54) is 50.7 Å². The van der Waals surface area contributed by atoms with Gasteiger partial charge in [0.15, 0.2) is 6.61 Å². The molecule has 4 bridgehead atoms. The average Bonchev–Trinajstić information content (AvgIpc) is 2.50. The molecule has 0 radical (unpaired) electrons. The molecule has 0 heterocycles. The molecule has 0 spiro atoms. The fraction of sp³-hybridized carbons (Fsp3) is 0.632. The minimum Gasteiger partial charge on any atom is -0.484 e. The Morgan fingerprint density at radius 1 is 1.17 bits per heavy atom. The van der Waals surface area contributed by atoms with E-state index in [1.807, 2.05) is 0 Å². The lowest BCUT2D eigenvalue weighted by molar-refractivity contribution is -0.125. The molecule has 5 rings (SSSR count). The molecule has 0 aliphatic heterocycles. The first-order valence-electron chi connectivity index (χ1n) is 8.75. The predicted molar refractivity (Wildman–Crippen MR) is 85.5 cm³/mol. The van der Waals surface area contributed by atoms with Crippen molar-refractivity contribution in [3.63, 3.8) is 0 Å². The van der Waals surface area contributed by atoms with Crippen molar-refractivity contribution in [1.82, 2.24) is 5.32 Å². The lowest BCUT2D eigenvalue weighted by Crippen LogP contribution is -2.51. The van der Waals surface area contributed by atoms with Crippen LogP contribution in [0.3, 0.4) is 0 Å². The number of hydrogen-bond donors (Lipinski definition) is 1. The summed E-state index contributed by atoms with van der Waals surface area (Å²) in [5.41, 5.74) is 0.337. The molecule has 124 valence electrons. The molecular weight excluding hydrogens is 293 g/mol. The van der Waals surface area contributed by atoms with Crippen LogP contribution in [0.1, 0.15) is 38.5 Å². The van der Waals surface area contributed by atoms with Gasteiger partial charge in [0, 0.05) is 12.6 Å². The molecule has 1 aromatic rings. The lowest BCUT2D eigenvalue weighted by atomic mass is 9.49. The van der Waals surface area contributed by atoms with Crippen molar-refractivity contribution in [2.45, 2.75) is 38.5 Å². The van der Waals surface area contributed by atoms with Gasteiger partial charge in [0.1, 0.15) is 11.6 Å².